The first kappa shape index (κ1) is 26.7. The zero-order valence-corrected chi connectivity index (χ0v) is 20.8. The van der Waals surface area contributed by atoms with E-state index in [0.29, 0.717) is 33.3 Å². The van der Waals surface area contributed by atoms with Crippen molar-refractivity contribution in [3.05, 3.63) is 101 Å². The third-order valence-corrected chi connectivity index (χ3v) is 6.83. The van der Waals surface area contributed by atoms with Crippen LogP contribution in [0, 0.1) is 23.2 Å². The molecule has 0 saturated heterocycles. The topological polar surface area (TPSA) is 99.0 Å². The number of carbonyl (C=O) groups is 1. The maximum absolute atomic E-state index is 14.5. The van der Waals surface area contributed by atoms with Crippen LogP contribution in [0.25, 0.3) is 28.1 Å². The van der Waals surface area contributed by atoms with E-state index in [9.17, 15) is 27.6 Å². The highest BCUT2D eigenvalue weighted by Crippen LogP contribution is 2.46. The van der Waals surface area contributed by atoms with Gasteiger partial charge in [0.15, 0.2) is 0 Å². The van der Waals surface area contributed by atoms with Crippen molar-refractivity contribution in [3.63, 3.8) is 0 Å². The molecule has 40 heavy (non-hydrogen) atoms. The summed E-state index contributed by atoms with van der Waals surface area (Å²) < 4.78 is 57.2. The zero-order valence-electron chi connectivity index (χ0n) is 20.8. The molecule has 1 aromatic heterocycles. The van der Waals surface area contributed by atoms with Crippen molar-refractivity contribution >= 4 is 34.1 Å². The predicted molar refractivity (Wildman–Crippen MR) is 140 cm³/mol. The number of nitrogens with one attached hydrogen (secondary N) is 1. The van der Waals surface area contributed by atoms with E-state index in [1.807, 2.05) is 6.07 Å². The Morgan fingerprint density at radius 3 is 2.42 bits per heavy atom. The van der Waals surface area contributed by atoms with Crippen molar-refractivity contribution in [2.24, 2.45) is 5.92 Å². The molecule has 1 heterocycles. The van der Waals surface area contributed by atoms with E-state index in [2.05, 4.69) is 14.9 Å². The number of aromatic amines is 1. The molecule has 1 aliphatic carbocycles. The fourth-order valence-electron chi connectivity index (χ4n) is 4.84. The van der Waals surface area contributed by atoms with E-state index in [0.717, 1.165) is 37.0 Å². The molecule has 0 atom stereocenters. The van der Waals surface area contributed by atoms with Crippen molar-refractivity contribution in [1.29, 1.82) is 5.26 Å². The zero-order chi connectivity index (χ0) is 28.4. The number of aliphatic carboxylic acids is 1. The van der Waals surface area contributed by atoms with Gasteiger partial charge in [-0.2, -0.15) is 14.8 Å². The average molecular weight is 548 g/mol. The second-order valence-electron chi connectivity index (χ2n) is 9.35. The van der Waals surface area contributed by atoms with Gasteiger partial charge in [0, 0.05) is 6.08 Å². The molecule has 2 N–H and O–H groups in total. The third-order valence-electron chi connectivity index (χ3n) is 6.83. The molecule has 5 rings (SSSR count). The fourth-order valence-corrected chi connectivity index (χ4v) is 4.84. The maximum atomic E-state index is 14.5. The number of benzene rings is 3. The van der Waals surface area contributed by atoms with Crippen LogP contribution in [0.4, 0.5) is 17.6 Å². The normalized spacial score (nSPS) is 14.6. The van der Waals surface area contributed by atoms with Crippen molar-refractivity contribution in [3.8, 4) is 11.8 Å². The van der Waals surface area contributed by atoms with Gasteiger partial charge in [0.05, 0.1) is 22.5 Å². The molecule has 10 heteroatoms. The fraction of sp³-hybridized carbons (Fsp3) is 0.167. The van der Waals surface area contributed by atoms with Gasteiger partial charge in [-0.05, 0) is 88.6 Å². The lowest BCUT2D eigenvalue weighted by Crippen LogP contribution is -2.18. The molecule has 0 bridgehead atoms. The third kappa shape index (κ3) is 5.59. The number of rotatable bonds is 7. The summed E-state index contributed by atoms with van der Waals surface area (Å²) in [5.74, 6) is -2.21. The number of halogens is 4. The molecule has 0 unspecified atom stereocenters. The van der Waals surface area contributed by atoms with Crippen molar-refractivity contribution in [1.82, 2.24) is 10.2 Å². The van der Waals surface area contributed by atoms with Crippen LogP contribution in [0.2, 0.25) is 0 Å². The summed E-state index contributed by atoms with van der Waals surface area (Å²) in [5.41, 5.74) is 4.29. The number of nitrogens with zero attached hydrogens (tertiary/aromatic N) is 2. The molecule has 0 amide bonds. The van der Waals surface area contributed by atoms with Gasteiger partial charge >= 0.3 is 12.3 Å². The highest BCUT2D eigenvalue weighted by molar-refractivity contribution is 6.02. The van der Waals surface area contributed by atoms with Gasteiger partial charge in [-0.25, -0.2) is 4.79 Å². The van der Waals surface area contributed by atoms with Crippen LogP contribution in [0.15, 0.2) is 66.7 Å². The minimum Gasteiger partial charge on any atom is -0.478 e. The summed E-state index contributed by atoms with van der Waals surface area (Å²) in [6, 6.07) is 17.8. The van der Waals surface area contributed by atoms with E-state index < -0.39 is 24.0 Å². The Morgan fingerprint density at radius 2 is 1.80 bits per heavy atom. The van der Waals surface area contributed by atoms with Gasteiger partial charge in [0.1, 0.15) is 5.75 Å². The molecular formula is C30H21F4N3O3. The molecule has 1 fully saturated rings. The van der Waals surface area contributed by atoms with Crippen LogP contribution >= 0.6 is 0 Å². The average Bonchev–Trinajstić information content (AvgIpc) is 3.25. The summed E-state index contributed by atoms with van der Waals surface area (Å²) >= 11 is 0. The van der Waals surface area contributed by atoms with Gasteiger partial charge < -0.3 is 9.84 Å². The summed E-state index contributed by atoms with van der Waals surface area (Å²) in [6.07, 6.45) is 0.0890. The van der Waals surface area contributed by atoms with Crippen LogP contribution in [-0.4, -0.2) is 27.6 Å². The lowest BCUT2D eigenvalue weighted by atomic mass is 9.72. The molecule has 202 valence electrons. The van der Waals surface area contributed by atoms with E-state index in [4.69, 9.17) is 5.11 Å². The Kier molecular flexibility index (Phi) is 7.13. The number of alkyl halides is 3. The van der Waals surface area contributed by atoms with Crippen molar-refractivity contribution in [2.75, 3.05) is 0 Å². The van der Waals surface area contributed by atoms with E-state index in [-0.39, 0.29) is 16.9 Å². The Balaban J connectivity index is 1.76. The quantitative estimate of drug-likeness (QED) is 0.143. The van der Waals surface area contributed by atoms with Crippen molar-refractivity contribution < 1.29 is 32.2 Å². The van der Waals surface area contributed by atoms with Crippen LogP contribution < -0.4 is 4.74 Å². The lowest BCUT2D eigenvalue weighted by molar-refractivity contribution is -0.274. The first-order valence-corrected chi connectivity index (χ1v) is 12.3. The lowest BCUT2D eigenvalue weighted by Gasteiger charge is -2.32. The summed E-state index contributed by atoms with van der Waals surface area (Å²) in [7, 11) is 0. The molecule has 3 aromatic carbocycles. The second kappa shape index (κ2) is 10.7. The molecule has 0 aliphatic heterocycles. The molecular weight excluding hydrogens is 526 g/mol. The number of nitriles is 1. The Labute approximate surface area is 225 Å². The Hall–Kier alpha value is -4.91. The summed E-state index contributed by atoms with van der Waals surface area (Å²) in [4.78, 5) is 10.9. The number of hydrogen-bond donors (Lipinski definition) is 2. The number of H-pyrrole nitrogens is 1. The maximum Gasteiger partial charge on any atom is 0.573 e. The predicted octanol–water partition coefficient (Wildman–Crippen LogP) is 7.33. The SMILES string of the molecule is N#Cc1cc(OC(F)(F)F)ccc1/C(=C(\c1ccc(/C=C/C(=O)O)cc1)c1ccc2n[nH]c(F)c2c1)C1CCC1. The minimum atomic E-state index is -4.91. The Bertz CT molecular complexity index is 1690. The van der Waals surface area contributed by atoms with Crippen LogP contribution in [0.5, 0.6) is 5.75 Å². The number of hydrogen-bond acceptors (Lipinski definition) is 4. The monoisotopic (exact) mass is 547 g/mol. The second-order valence-corrected chi connectivity index (χ2v) is 9.35. The molecule has 0 spiro atoms. The van der Waals surface area contributed by atoms with Crippen LogP contribution in [0.3, 0.4) is 0 Å². The minimum absolute atomic E-state index is 0.00652. The molecule has 1 saturated carbocycles. The molecule has 1 aliphatic rings. The number of allylic oxidation sites excluding steroid dienone is 1. The van der Waals surface area contributed by atoms with E-state index >= 15 is 0 Å². The summed E-state index contributed by atoms with van der Waals surface area (Å²) in [6.45, 7) is 0. The number of fused-ring (bicyclic) bond motifs is 1. The highest BCUT2D eigenvalue weighted by atomic mass is 19.4. The number of ether oxygens (including phenoxy) is 1. The standard InChI is InChI=1S/C30H21F4N3O3/c31-29-24-15-20(9-12-25(24)36-37-29)27(19-7-4-17(5-8-19)6-13-26(38)39)28(18-2-1-3-18)23-11-10-22(14-21(23)16-35)40-30(32,33)34/h4-15,18H,1-3H2,(H,36,37)(H,38,39)/b13-6+,28-27+. The smallest absolute Gasteiger partial charge is 0.478 e. The van der Waals surface area contributed by atoms with Crippen molar-refractivity contribution in [2.45, 2.75) is 25.6 Å². The summed E-state index contributed by atoms with van der Waals surface area (Å²) in [5, 5.41) is 25.4. The first-order chi connectivity index (χ1) is 19.1. The Morgan fingerprint density at radius 1 is 1.07 bits per heavy atom. The molecule has 4 aromatic rings. The van der Waals surface area contributed by atoms with Gasteiger partial charge in [0.25, 0.3) is 0 Å². The number of aromatic nitrogens is 2. The first-order valence-electron chi connectivity index (χ1n) is 12.3. The van der Waals surface area contributed by atoms with Crippen LogP contribution in [0.1, 0.15) is 47.1 Å². The molecule has 0 radical (unpaired) electrons. The van der Waals surface area contributed by atoms with E-state index in [1.165, 1.54) is 18.2 Å². The van der Waals surface area contributed by atoms with Crippen LogP contribution in [-0.2, 0) is 4.79 Å². The number of carboxylic acids is 1. The van der Waals surface area contributed by atoms with Gasteiger partial charge in [-0.1, -0.05) is 36.8 Å². The van der Waals surface area contributed by atoms with Gasteiger partial charge in [0.2, 0.25) is 5.95 Å². The largest absolute Gasteiger partial charge is 0.573 e. The number of carboxylic acid groups (broad SMARTS) is 1. The molecule has 6 nitrogen and oxygen atoms in total. The van der Waals surface area contributed by atoms with E-state index in [1.54, 1.807) is 42.5 Å². The highest BCUT2D eigenvalue weighted by Gasteiger charge is 2.33. The van der Waals surface area contributed by atoms with Gasteiger partial charge in [-0.15, -0.1) is 13.2 Å². The van der Waals surface area contributed by atoms with Gasteiger partial charge in [-0.3, -0.25) is 5.10 Å².